The van der Waals surface area contributed by atoms with Crippen LogP contribution in [0.5, 0.6) is 5.75 Å². The van der Waals surface area contributed by atoms with Crippen molar-refractivity contribution in [1.29, 1.82) is 0 Å². The molecular weight excluding hydrogens is 260 g/mol. The Kier molecular flexibility index (Phi) is 5.51. The zero-order valence-corrected chi connectivity index (χ0v) is 14.1. The minimum Gasteiger partial charge on any atom is -0.497 e. The number of nitrogens with zero attached hydrogens (tertiary/aromatic N) is 1. The SMILES string of the molecule is COc1cccc(N2CC(CC(C)C)NCC2C(C)C)c1. The van der Waals surface area contributed by atoms with Gasteiger partial charge in [0.2, 0.25) is 0 Å². The number of hydrogen-bond acceptors (Lipinski definition) is 3. The molecule has 118 valence electrons. The number of methoxy groups -OCH3 is 1. The van der Waals surface area contributed by atoms with Crippen molar-refractivity contribution in [3.63, 3.8) is 0 Å². The molecule has 0 aliphatic carbocycles. The molecule has 1 saturated heterocycles. The number of rotatable bonds is 5. The van der Waals surface area contributed by atoms with Crippen LogP contribution in [-0.2, 0) is 0 Å². The fraction of sp³-hybridized carbons (Fsp3) is 0.667. The van der Waals surface area contributed by atoms with Crippen molar-refractivity contribution >= 4 is 5.69 Å². The summed E-state index contributed by atoms with van der Waals surface area (Å²) in [4.78, 5) is 2.57. The lowest BCUT2D eigenvalue weighted by atomic mass is 9.94. The lowest BCUT2D eigenvalue weighted by Gasteiger charge is -2.44. The first-order valence-corrected chi connectivity index (χ1v) is 8.15. The number of hydrogen-bond donors (Lipinski definition) is 1. The van der Waals surface area contributed by atoms with Crippen LogP contribution >= 0.6 is 0 Å². The number of benzene rings is 1. The normalized spacial score (nSPS) is 22.9. The molecule has 1 aromatic rings. The van der Waals surface area contributed by atoms with Crippen molar-refractivity contribution in [1.82, 2.24) is 5.32 Å². The highest BCUT2D eigenvalue weighted by Gasteiger charge is 2.30. The van der Waals surface area contributed by atoms with Gasteiger partial charge in [0.1, 0.15) is 5.75 Å². The van der Waals surface area contributed by atoms with Crippen LogP contribution in [0.15, 0.2) is 24.3 Å². The van der Waals surface area contributed by atoms with Gasteiger partial charge < -0.3 is 15.0 Å². The largest absolute Gasteiger partial charge is 0.497 e. The molecule has 2 rings (SSSR count). The summed E-state index contributed by atoms with van der Waals surface area (Å²) in [7, 11) is 1.73. The number of anilines is 1. The molecule has 0 aromatic heterocycles. The summed E-state index contributed by atoms with van der Waals surface area (Å²) in [5.74, 6) is 2.29. The maximum Gasteiger partial charge on any atom is 0.120 e. The molecule has 1 aromatic carbocycles. The van der Waals surface area contributed by atoms with Crippen molar-refractivity contribution in [2.45, 2.75) is 46.2 Å². The molecule has 2 atom stereocenters. The Morgan fingerprint density at radius 2 is 2.05 bits per heavy atom. The highest BCUT2D eigenvalue weighted by atomic mass is 16.5. The molecule has 0 radical (unpaired) electrons. The highest BCUT2D eigenvalue weighted by Crippen LogP contribution is 2.28. The Morgan fingerprint density at radius 1 is 1.29 bits per heavy atom. The van der Waals surface area contributed by atoms with E-state index in [4.69, 9.17) is 4.74 Å². The summed E-state index contributed by atoms with van der Waals surface area (Å²) in [6, 6.07) is 9.59. The fourth-order valence-corrected chi connectivity index (χ4v) is 3.24. The summed E-state index contributed by atoms with van der Waals surface area (Å²) < 4.78 is 5.39. The van der Waals surface area contributed by atoms with Gasteiger partial charge in [-0.3, -0.25) is 0 Å². The molecule has 2 unspecified atom stereocenters. The van der Waals surface area contributed by atoms with Crippen LogP contribution in [-0.4, -0.2) is 32.3 Å². The number of nitrogens with one attached hydrogen (secondary N) is 1. The predicted molar refractivity (Wildman–Crippen MR) is 90.2 cm³/mol. The van der Waals surface area contributed by atoms with E-state index < -0.39 is 0 Å². The average Bonchev–Trinajstić information content (AvgIpc) is 2.46. The second-order valence-corrected chi connectivity index (χ2v) is 6.90. The topological polar surface area (TPSA) is 24.5 Å². The third kappa shape index (κ3) is 4.13. The number of piperazine rings is 1. The first kappa shape index (κ1) is 16.2. The molecule has 1 aliphatic rings. The van der Waals surface area contributed by atoms with E-state index in [1.165, 1.54) is 12.1 Å². The van der Waals surface area contributed by atoms with E-state index in [1.807, 2.05) is 6.07 Å². The molecule has 0 saturated carbocycles. The first-order chi connectivity index (χ1) is 10.0. The summed E-state index contributed by atoms with van der Waals surface area (Å²) in [5.41, 5.74) is 1.28. The van der Waals surface area contributed by atoms with Crippen molar-refractivity contribution in [2.24, 2.45) is 11.8 Å². The molecule has 3 heteroatoms. The molecule has 1 heterocycles. The molecule has 3 nitrogen and oxygen atoms in total. The van der Waals surface area contributed by atoms with Crippen molar-refractivity contribution in [3.05, 3.63) is 24.3 Å². The highest BCUT2D eigenvalue weighted by molar-refractivity contribution is 5.52. The summed E-state index contributed by atoms with van der Waals surface area (Å²) >= 11 is 0. The van der Waals surface area contributed by atoms with E-state index in [1.54, 1.807) is 7.11 Å². The van der Waals surface area contributed by atoms with E-state index in [0.717, 1.165) is 24.8 Å². The smallest absolute Gasteiger partial charge is 0.120 e. The molecule has 0 spiro atoms. The summed E-state index contributed by atoms with van der Waals surface area (Å²) in [6.45, 7) is 11.4. The van der Waals surface area contributed by atoms with Gasteiger partial charge >= 0.3 is 0 Å². The fourth-order valence-electron chi connectivity index (χ4n) is 3.24. The maximum atomic E-state index is 5.39. The Morgan fingerprint density at radius 3 is 2.67 bits per heavy atom. The Balaban J connectivity index is 2.20. The molecule has 1 aliphatic heterocycles. The Hall–Kier alpha value is -1.22. The van der Waals surface area contributed by atoms with Gasteiger partial charge in [-0.2, -0.15) is 0 Å². The zero-order valence-electron chi connectivity index (χ0n) is 14.1. The predicted octanol–water partition coefficient (Wildman–Crippen LogP) is 3.54. The van der Waals surface area contributed by atoms with Gasteiger partial charge in [0.05, 0.1) is 7.11 Å². The van der Waals surface area contributed by atoms with E-state index in [9.17, 15) is 0 Å². The second-order valence-electron chi connectivity index (χ2n) is 6.90. The minimum absolute atomic E-state index is 0.542. The van der Waals surface area contributed by atoms with E-state index in [-0.39, 0.29) is 0 Å². The van der Waals surface area contributed by atoms with Gasteiger partial charge in [0.25, 0.3) is 0 Å². The molecule has 1 N–H and O–H groups in total. The standard InChI is InChI=1S/C18H30N2O/c1-13(2)9-15-12-20(18(11-19-15)14(3)4)16-7-6-8-17(10-16)21-5/h6-8,10,13-15,18-19H,9,11-12H2,1-5H3. The Labute approximate surface area is 129 Å². The quantitative estimate of drug-likeness (QED) is 0.897. The van der Waals surface area contributed by atoms with Crippen molar-refractivity contribution < 1.29 is 4.74 Å². The van der Waals surface area contributed by atoms with Crippen molar-refractivity contribution in [2.75, 3.05) is 25.1 Å². The van der Waals surface area contributed by atoms with Crippen LogP contribution < -0.4 is 15.0 Å². The molecule has 1 fully saturated rings. The number of ether oxygens (including phenoxy) is 1. The molecule has 21 heavy (non-hydrogen) atoms. The third-order valence-electron chi connectivity index (χ3n) is 4.34. The second kappa shape index (κ2) is 7.17. The molecule has 0 bridgehead atoms. The van der Waals surface area contributed by atoms with Gasteiger partial charge in [-0.15, -0.1) is 0 Å². The van der Waals surface area contributed by atoms with Gasteiger partial charge in [-0.1, -0.05) is 33.8 Å². The van der Waals surface area contributed by atoms with Gasteiger partial charge in [-0.05, 0) is 30.4 Å². The van der Waals surface area contributed by atoms with Crippen LogP contribution in [0.2, 0.25) is 0 Å². The van der Waals surface area contributed by atoms with Gasteiger partial charge in [0.15, 0.2) is 0 Å². The lowest BCUT2D eigenvalue weighted by Crippen LogP contribution is -2.58. The van der Waals surface area contributed by atoms with Crippen LogP contribution in [0.1, 0.15) is 34.1 Å². The van der Waals surface area contributed by atoms with Crippen LogP contribution in [0, 0.1) is 11.8 Å². The average molecular weight is 290 g/mol. The van der Waals surface area contributed by atoms with Gasteiger partial charge in [-0.25, -0.2) is 0 Å². The lowest BCUT2D eigenvalue weighted by molar-refractivity contribution is 0.310. The van der Waals surface area contributed by atoms with E-state index in [2.05, 4.69) is 56.1 Å². The molecular formula is C18H30N2O. The van der Waals surface area contributed by atoms with Crippen LogP contribution in [0.4, 0.5) is 5.69 Å². The van der Waals surface area contributed by atoms with Crippen molar-refractivity contribution in [3.8, 4) is 5.75 Å². The van der Waals surface area contributed by atoms with E-state index in [0.29, 0.717) is 18.0 Å². The first-order valence-electron chi connectivity index (χ1n) is 8.15. The maximum absolute atomic E-state index is 5.39. The molecule has 0 amide bonds. The zero-order chi connectivity index (χ0) is 15.4. The van der Waals surface area contributed by atoms with Gasteiger partial charge in [0, 0.05) is 36.9 Å². The summed E-state index contributed by atoms with van der Waals surface area (Å²) in [5, 5.41) is 3.74. The summed E-state index contributed by atoms with van der Waals surface area (Å²) in [6.07, 6.45) is 1.23. The third-order valence-corrected chi connectivity index (χ3v) is 4.34. The van der Waals surface area contributed by atoms with Crippen LogP contribution in [0.3, 0.4) is 0 Å². The van der Waals surface area contributed by atoms with Crippen LogP contribution in [0.25, 0.3) is 0 Å². The van der Waals surface area contributed by atoms with E-state index >= 15 is 0 Å². The Bertz CT molecular complexity index is 445. The minimum atomic E-state index is 0.542. The monoisotopic (exact) mass is 290 g/mol.